The van der Waals surface area contributed by atoms with E-state index in [0.717, 1.165) is 6.07 Å². The molecule has 0 spiro atoms. The van der Waals surface area contributed by atoms with Gasteiger partial charge in [-0.25, -0.2) is 0 Å². The highest BCUT2D eigenvalue weighted by molar-refractivity contribution is 5.79. The van der Waals surface area contributed by atoms with Crippen molar-refractivity contribution in [2.24, 2.45) is 5.11 Å². The van der Waals surface area contributed by atoms with Crippen molar-refractivity contribution in [2.45, 2.75) is 12.2 Å². The number of aliphatic hydroxyl groups excluding tert-OH is 2. The molecule has 0 aromatic heterocycles. The Bertz CT molecular complexity index is 513. The molecule has 0 amide bonds. The molecule has 3 N–H and O–H groups in total. The van der Waals surface area contributed by atoms with E-state index >= 15 is 0 Å². The van der Waals surface area contributed by atoms with Gasteiger partial charge in [-0.1, -0.05) is 5.11 Å². The summed E-state index contributed by atoms with van der Waals surface area (Å²) in [5.41, 5.74) is 8.22. The number of carbonyl (C=O) groups is 1. The number of benzene rings is 1. The van der Waals surface area contributed by atoms with Gasteiger partial charge in [0.2, 0.25) is 0 Å². The fourth-order valence-corrected chi connectivity index (χ4v) is 1.55. The minimum Gasteiger partial charge on any atom is -0.504 e. The Morgan fingerprint density at radius 1 is 1.53 bits per heavy atom. The van der Waals surface area contributed by atoms with Crippen LogP contribution in [0, 0.1) is 0 Å². The minimum atomic E-state index is -1.44. The molecule has 1 aromatic rings. The van der Waals surface area contributed by atoms with Gasteiger partial charge in [0.1, 0.15) is 6.10 Å². The number of hydrogen-bond donors (Lipinski definition) is 3. The van der Waals surface area contributed by atoms with E-state index in [4.69, 9.17) is 10.3 Å². The van der Waals surface area contributed by atoms with Gasteiger partial charge in [0.15, 0.2) is 17.8 Å². The van der Waals surface area contributed by atoms with E-state index in [9.17, 15) is 20.1 Å². The predicted octanol–water partition coefficient (Wildman–Crippen LogP) is 0.918. The van der Waals surface area contributed by atoms with E-state index in [2.05, 4.69) is 10.0 Å². The standard InChI is InChI=1S/C11H13N3O5/c1-19-10-3-7(6(5-15)2-8(10)16)11(18)9(17)4-13-14-12/h2-3,5,9,11,16-18H,4H2,1H3. The highest BCUT2D eigenvalue weighted by Gasteiger charge is 2.22. The van der Waals surface area contributed by atoms with Gasteiger partial charge in [-0.3, -0.25) is 4.79 Å². The van der Waals surface area contributed by atoms with Crippen LogP contribution in [0.15, 0.2) is 17.2 Å². The third-order valence-electron chi connectivity index (χ3n) is 2.53. The number of ether oxygens (including phenoxy) is 1. The number of azide groups is 1. The quantitative estimate of drug-likeness (QED) is 0.304. The van der Waals surface area contributed by atoms with Gasteiger partial charge in [-0.2, -0.15) is 0 Å². The maximum atomic E-state index is 10.9. The van der Waals surface area contributed by atoms with Gasteiger partial charge < -0.3 is 20.1 Å². The zero-order chi connectivity index (χ0) is 14.4. The van der Waals surface area contributed by atoms with Crippen molar-refractivity contribution in [1.82, 2.24) is 0 Å². The zero-order valence-electron chi connectivity index (χ0n) is 10.1. The van der Waals surface area contributed by atoms with E-state index in [1.807, 2.05) is 0 Å². The van der Waals surface area contributed by atoms with Crippen molar-refractivity contribution >= 4 is 6.29 Å². The second-order valence-electron chi connectivity index (χ2n) is 3.70. The van der Waals surface area contributed by atoms with Crippen molar-refractivity contribution < 1.29 is 24.9 Å². The lowest BCUT2D eigenvalue weighted by Crippen LogP contribution is -2.22. The van der Waals surface area contributed by atoms with Crippen LogP contribution in [0.4, 0.5) is 0 Å². The molecule has 0 fully saturated rings. The lowest BCUT2D eigenvalue weighted by molar-refractivity contribution is 0.0239. The van der Waals surface area contributed by atoms with E-state index in [0.29, 0.717) is 6.29 Å². The fourth-order valence-electron chi connectivity index (χ4n) is 1.55. The first-order valence-electron chi connectivity index (χ1n) is 5.28. The summed E-state index contributed by atoms with van der Waals surface area (Å²) in [7, 11) is 1.31. The molecule has 2 unspecified atom stereocenters. The van der Waals surface area contributed by atoms with E-state index < -0.39 is 12.2 Å². The summed E-state index contributed by atoms with van der Waals surface area (Å²) in [4.78, 5) is 13.4. The average Bonchev–Trinajstić information content (AvgIpc) is 2.43. The van der Waals surface area contributed by atoms with Gasteiger partial charge in [-0.15, -0.1) is 0 Å². The molecule has 102 valence electrons. The highest BCUT2D eigenvalue weighted by atomic mass is 16.5. The van der Waals surface area contributed by atoms with Crippen LogP contribution in [0.25, 0.3) is 10.4 Å². The summed E-state index contributed by atoms with van der Waals surface area (Å²) in [5.74, 6) is -0.208. The minimum absolute atomic E-state index is 0.00536. The molecule has 8 nitrogen and oxygen atoms in total. The average molecular weight is 267 g/mol. The first-order chi connectivity index (χ1) is 9.04. The number of phenols is 1. The number of rotatable bonds is 6. The summed E-state index contributed by atoms with van der Waals surface area (Å²) in [6.07, 6.45) is -2.39. The predicted molar refractivity (Wildman–Crippen MR) is 65.0 cm³/mol. The third-order valence-corrected chi connectivity index (χ3v) is 2.53. The molecule has 0 heterocycles. The molecule has 0 aliphatic rings. The normalized spacial score (nSPS) is 13.2. The second-order valence-corrected chi connectivity index (χ2v) is 3.70. The van der Waals surface area contributed by atoms with E-state index in [1.54, 1.807) is 0 Å². The van der Waals surface area contributed by atoms with Gasteiger partial charge in [0, 0.05) is 10.5 Å². The Hall–Kier alpha value is -2.28. The number of phenolic OH excluding ortho intramolecular Hbond substituents is 1. The lowest BCUT2D eigenvalue weighted by Gasteiger charge is -2.19. The van der Waals surface area contributed by atoms with Crippen LogP contribution in [0.1, 0.15) is 22.0 Å². The van der Waals surface area contributed by atoms with Gasteiger partial charge in [0.25, 0.3) is 0 Å². The molecule has 1 rings (SSSR count). The van der Waals surface area contributed by atoms with Crippen molar-refractivity contribution in [1.29, 1.82) is 0 Å². The maximum absolute atomic E-state index is 10.9. The first kappa shape index (κ1) is 14.8. The number of methoxy groups -OCH3 is 1. The lowest BCUT2D eigenvalue weighted by atomic mass is 9.98. The number of aromatic hydroxyl groups is 1. The fraction of sp³-hybridized carbons (Fsp3) is 0.364. The summed E-state index contributed by atoms with van der Waals surface area (Å²) >= 11 is 0. The topological polar surface area (TPSA) is 136 Å². The van der Waals surface area contributed by atoms with Crippen LogP contribution in [0.3, 0.4) is 0 Å². The summed E-state index contributed by atoms with van der Waals surface area (Å²) in [5, 5.41) is 32.2. The van der Waals surface area contributed by atoms with E-state index in [1.165, 1.54) is 13.2 Å². The molecule has 0 saturated heterocycles. The van der Waals surface area contributed by atoms with Crippen LogP contribution in [0.2, 0.25) is 0 Å². The molecule has 2 atom stereocenters. The molecule has 0 aliphatic heterocycles. The second kappa shape index (κ2) is 6.60. The van der Waals surface area contributed by atoms with Crippen molar-refractivity contribution in [3.05, 3.63) is 33.7 Å². The van der Waals surface area contributed by atoms with Gasteiger partial charge in [-0.05, 0) is 23.2 Å². The zero-order valence-corrected chi connectivity index (χ0v) is 10.1. The molecule has 0 saturated carbocycles. The molecule has 1 aromatic carbocycles. The molecular weight excluding hydrogens is 254 g/mol. The first-order valence-corrected chi connectivity index (χ1v) is 5.28. The SMILES string of the molecule is COc1cc(C(O)C(O)CN=[N+]=[N-])c(C=O)cc1O. The largest absolute Gasteiger partial charge is 0.504 e. The van der Waals surface area contributed by atoms with Crippen LogP contribution >= 0.6 is 0 Å². The van der Waals surface area contributed by atoms with Crippen molar-refractivity contribution in [2.75, 3.05) is 13.7 Å². The van der Waals surface area contributed by atoms with Gasteiger partial charge >= 0.3 is 0 Å². The number of carbonyl (C=O) groups excluding carboxylic acids is 1. The number of aliphatic hydroxyl groups is 2. The molecule has 19 heavy (non-hydrogen) atoms. The van der Waals surface area contributed by atoms with Crippen LogP contribution < -0.4 is 4.74 Å². The molecular formula is C11H13N3O5. The van der Waals surface area contributed by atoms with Crippen LogP contribution in [-0.2, 0) is 0 Å². The van der Waals surface area contributed by atoms with E-state index in [-0.39, 0.29) is 29.2 Å². The Morgan fingerprint density at radius 2 is 2.21 bits per heavy atom. The van der Waals surface area contributed by atoms with Crippen LogP contribution in [-0.4, -0.2) is 41.4 Å². The summed E-state index contributed by atoms with van der Waals surface area (Å²) in [6.45, 7) is -0.348. The molecule has 0 bridgehead atoms. The number of nitrogens with zero attached hydrogens (tertiary/aromatic N) is 3. The van der Waals surface area contributed by atoms with Crippen molar-refractivity contribution in [3.63, 3.8) is 0 Å². The van der Waals surface area contributed by atoms with Crippen LogP contribution in [0.5, 0.6) is 11.5 Å². The number of aldehydes is 1. The molecule has 8 heteroatoms. The maximum Gasteiger partial charge on any atom is 0.160 e. The van der Waals surface area contributed by atoms with Crippen molar-refractivity contribution in [3.8, 4) is 11.5 Å². The third kappa shape index (κ3) is 3.35. The smallest absolute Gasteiger partial charge is 0.160 e. The molecule has 0 radical (unpaired) electrons. The summed E-state index contributed by atoms with van der Waals surface area (Å²) in [6, 6.07) is 2.35. The summed E-state index contributed by atoms with van der Waals surface area (Å²) < 4.78 is 4.86. The Kier molecular flexibility index (Phi) is 5.13. The Labute approximate surface area is 108 Å². The number of hydrogen-bond acceptors (Lipinski definition) is 6. The highest BCUT2D eigenvalue weighted by Crippen LogP contribution is 2.32. The Morgan fingerprint density at radius 3 is 2.74 bits per heavy atom. The monoisotopic (exact) mass is 267 g/mol. The van der Waals surface area contributed by atoms with Gasteiger partial charge in [0.05, 0.1) is 19.8 Å². The Balaban J connectivity index is 3.16. The molecule has 0 aliphatic carbocycles.